The number of nitrogens with two attached hydrogens (primary N) is 1. The third-order valence-corrected chi connectivity index (χ3v) is 4.94. The van der Waals surface area contributed by atoms with Crippen LogP contribution in [-0.4, -0.2) is 27.0 Å². The lowest BCUT2D eigenvalue weighted by Gasteiger charge is -2.36. The van der Waals surface area contributed by atoms with Gasteiger partial charge in [-0.1, -0.05) is 6.08 Å². The number of allylic oxidation sites excluding steroid dienone is 1. The zero-order valence-corrected chi connectivity index (χ0v) is 15.6. The van der Waals surface area contributed by atoms with Crippen molar-refractivity contribution in [3.05, 3.63) is 41.9 Å². The van der Waals surface area contributed by atoms with Crippen LogP contribution in [0.1, 0.15) is 49.4 Å². The van der Waals surface area contributed by atoms with Crippen molar-refractivity contribution in [1.29, 1.82) is 5.26 Å². The predicted octanol–water partition coefficient (Wildman–Crippen LogP) is 3.57. The highest BCUT2D eigenvalue weighted by atomic mass is 16.5. The molecule has 0 saturated carbocycles. The average molecular weight is 351 g/mol. The van der Waals surface area contributed by atoms with Crippen LogP contribution in [0.4, 0.5) is 5.82 Å². The summed E-state index contributed by atoms with van der Waals surface area (Å²) in [6.07, 6.45) is 7.25. The van der Waals surface area contributed by atoms with Crippen LogP contribution in [0.25, 0.3) is 11.1 Å². The van der Waals surface area contributed by atoms with E-state index < -0.39 is 0 Å². The van der Waals surface area contributed by atoms with Crippen LogP contribution < -0.4 is 5.73 Å². The summed E-state index contributed by atoms with van der Waals surface area (Å²) >= 11 is 0. The van der Waals surface area contributed by atoms with Gasteiger partial charge in [0.2, 0.25) is 0 Å². The molecule has 6 nitrogen and oxygen atoms in total. The second-order valence-electron chi connectivity index (χ2n) is 7.41. The maximum atomic E-state index is 9.65. The molecule has 26 heavy (non-hydrogen) atoms. The van der Waals surface area contributed by atoms with Crippen molar-refractivity contribution in [2.45, 2.75) is 51.7 Å². The molecule has 1 fully saturated rings. The monoisotopic (exact) mass is 351 g/mol. The van der Waals surface area contributed by atoms with Crippen LogP contribution in [0.2, 0.25) is 0 Å². The molecule has 6 heteroatoms. The fraction of sp³-hybridized carbons (Fsp3) is 0.450. The Morgan fingerprint density at radius 2 is 2.31 bits per heavy atom. The van der Waals surface area contributed by atoms with Crippen molar-refractivity contribution < 1.29 is 4.74 Å². The van der Waals surface area contributed by atoms with Crippen LogP contribution in [0, 0.1) is 18.3 Å². The molecule has 0 aliphatic carbocycles. The van der Waals surface area contributed by atoms with Gasteiger partial charge in [0.15, 0.2) is 0 Å². The molecule has 1 atom stereocenters. The number of aromatic nitrogens is 3. The molecule has 2 N–H and O–H groups in total. The van der Waals surface area contributed by atoms with Gasteiger partial charge in [0.05, 0.1) is 18.3 Å². The number of pyridine rings is 1. The molecule has 3 rings (SSSR count). The molecule has 3 heterocycles. The molecule has 0 aromatic carbocycles. The molecule has 1 saturated heterocycles. The van der Waals surface area contributed by atoms with Crippen molar-refractivity contribution in [2.24, 2.45) is 0 Å². The van der Waals surface area contributed by atoms with Crippen molar-refractivity contribution in [3.8, 4) is 17.2 Å². The highest BCUT2D eigenvalue weighted by molar-refractivity contribution is 5.78. The van der Waals surface area contributed by atoms with E-state index in [4.69, 9.17) is 10.5 Å². The fourth-order valence-electron chi connectivity index (χ4n) is 3.77. The average Bonchev–Trinajstić information content (AvgIpc) is 3.03. The topological polar surface area (TPSA) is 89.8 Å². The van der Waals surface area contributed by atoms with Crippen LogP contribution in [-0.2, 0) is 11.3 Å². The van der Waals surface area contributed by atoms with Crippen LogP contribution in [0.15, 0.2) is 25.0 Å². The molecule has 0 amide bonds. The molecule has 136 valence electrons. The van der Waals surface area contributed by atoms with Crippen LogP contribution in [0.3, 0.4) is 0 Å². The number of hydrogen-bond donors (Lipinski definition) is 1. The zero-order valence-electron chi connectivity index (χ0n) is 15.6. The molecule has 1 aliphatic heterocycles. The Kier molecular flexibility index (Phi) is 4.84. The molecule has 0 radical (unpaired) electrons. The Morgan fingerprint density at radius 1 is 1.54 bits per heavy atom. The lowest BCUT2D eigenvalue weighted by atomic mass is 9.82. The van der Waals surface area contributed by atoms with E-state index in [0.717, 1.165) is 35.2 Å². The fourth-order valence-corrected chi connectivity index (χ4v) is 3.77. The van der Waals surface area contributed by atoms with E-state index >= 15 is 0 Å². The molecular formula is C20H25N5O. The summed E-state index contributed by atoms with van der Waals surface area (Å²) in [7, 11) is 0. The summed E-state index contributed by atoms with van der Waals surface area (Å²) in [5.74, 6) is 0.541. The maximum Gasteiger partial charge on any atom is 0.142 e. The van der Waals surface area contributed by atoms with Crippen LogP contribution >= 0.6 is 0 Å². The van der Waals surface area contributed by atoms with Gasteiger partial charge >= 0.3 is 0 Å². The Morgan fingerprint density at radius 3 is 2.96 bits per heavy atom. The van der Waals surface area contributed by atoms with Crippen molar-refractivity contribution in [2.75, 3.05) is 12.3 Å². The van der Waals surface area contributed by atoms with E-state index in [1.807, 2.05) is 13.1 Å². The first-order valence-corrected chi connectivity index (χ1v) is 8.84. The Labute approximate surface area is 154 Å². The molecule has 0 spiro atoms. The standard InChI is InChI=1S/C20H25N5O/c1-5-7-25-12-15(11-23-25)17-13(2)18(24-19(22)16(17)10-21)14-6-8-26-20(3,4)9-14/h5,11-12,14H,1,6-9H2,2-4H3,(H2,22,24)/t14-/m1/s1. The van der Waals surface area contributed by atoms with E-state index in [1.54, 1.807) is 17.0 Å². The number of nitriles is 1. The number of nitrogen functional groups attached to an aromatic ring is 1. The number of hydrogen-bond acceptors (Lipinski definition) is 5. The maximum absolute atomic E-state index is 9.65. The second-order valence-corrected chi connectivity index (χ2v) is 7.41. The molecule has 0 bridgehead atoms. The number of anilines is 1. The van der Waals surface area contributed by atoms with Gasteiger partial charge in [-0.2, -0.15) is 10.4 Å². The molecule has 2 aromatic rings. The third-order valence-electron chi connectivity index (χ3n) is 4.94. The quantitative estimate of drug-likeness (QED) is 0.851. The Hall–Kier alpha value is -2.65. The summed E-state index contributed by atoms with van der Waals surface area (Å²) in [4.78, 5) is 4.62. The minimum Gasteiger partial charge on any atom is -0.383 e. The first-order valence-electron chi connectivity index (χ1n) is 8.84. The van der Waals surface area contributed by atoms with Gasteiger partial charge in [-0.15, -0.1) is 6.58 Å². The van der Waals surface area contributed by atoms with Crippen molar-refractivity contribution >= 4 is 5.82 Å². The predicted molar refractivity (Wildman–Crippen MR) is 102 cm³/mol. The largest absolute Gasteiger partial charge is 0.383 e. The van der Waals surface area contributed by atoms with Gasteiger partial charge in [0, 0.05) is 35.5 Å². The summed E-state index contributed by atoms with van der Waals surface area (Å²) in [5.41, 5.74) is 10.1. The second kappa shape index (κ2) is 6.93. The number of rotatable bonds is 4. The third kappa shape index (κ3) is 3.35. The van der Waals surface area contributed by atoms with Crippen LogP contribution in [0.5, 0.6) is 0 Å². The number of nitrogens with zero attached hydrogens (tertiary/aromatic N) is 4. The van der Waals surface area contributed by atoms with E-state index in [2.05, 4.69) is 36.6 Å². The minimum atomic E-state index is -0.186. The SMILES string of the molecule is C=CCn1cc(-c2c(C)c([C@@H]3CCOC(C)(C)C3)nc(N)c2C#N)cn1. The van der Waals surface area contributed by atoms with Crippen molar-refractivity contribution in [3.63, 3.8) is 0 Å². The Bertz CT molecular complexity index is 875. The van der Waals surface area contributed by atoms with Gasteiger partial charge in [-0.3, -0.25) is 4.68 Å². The molecule has 0 unspecified atom stereocenters. The molecule has 2 aromatic heterocycles. The van der Waals surface area contributed by atoms with Crippen molar-refractivity contribution in [1.82, 2.24) is 14.8 Å². The smallest absolute Gasteiger partial charge is 0.142 e. The first-order chi connectivity index (χ1) is 12.4. The first kappa shape index (κ1) is 18.2. The van der Waals surface area contributed by atoms with E-state index in [9.17, 15) is 5.26 Å². The zero-order chi connectivity index (χ0) is 18.9. The van der Waals surface area contributed by atoms with Gasteiger partial charge in [-0.25, -0.2) is 4.98 Å². The Balaban J connectivity index is 2.12. The summed E-state index contributed by atoms with van der Waals surface area (Å²) in [6.45, 7) is 11.3. The van der Waals surface area contributed by atoms with Gasteiger partial charge < -0.3 is 10.5 Å². The molecular weight excluding hydrogens is 326 g/mol. The van der Waals surface area contributed by atoms with Gasteiger partial charge in [0.25, 0.3) is 0 Å². The van der Waals surface area contributed by atoms with Gasteiger partial charge in [0.1, 0.15) is 17.5 Å². The lowest BCUT2D eigenvalue weighted by molar-refractivity contribution is -0.0598. The normalized spacial score (nSPS) is 19.1. The van der Waals surface area contributed by atoms with E-state index in [1.165, 1.54) is 0 Å². The highest BCUT2D eigenvalue weighted by Gasteiger charge is 2.32. The summed E-state index contributed by atoms with van der Waals surface area (Å²) in [5, 5.41) is 14.0. The summed E-state index contributed by atoms with van der Waals surface area (Å²) < 4.78 is 7.63. The number of ether oxygens (including phenoxy) is 1. The lowest BCUT2D eigenvalue weighted by Crippen LogP contribution is -2.33. The minimum absolute atomic E-state index is 0.186. The highest BCUT2D eigenvalue weighted by Crippen LogP contribution is 2.40. The van der Waals surface area contributed by atoms with E-state index in [0.29, 0.717) is 18.7 Å². The summed E-state index contributed by atoms with van der Waals surface area (Å²) in [6, 6.07) is 2.22. The molecule has 1 aliphatic rings. The van der Waals surface area contributed by atoms with Gasteiger partial charge in [-0.05, 0) is 39.2 Å². The van der Waals surface area contributed by atoms with E-state index in [-0.39, 0.29) is 17.3 Å².